The molecule has 0 radical (unpaired) electrons. The first-order valence-corrected chi connectivity index (χ1v) is 11.3. The Bertz CT molecular complexity index is 1410. The highest BCUT2D eigenvalue weighted by Crippen LogP contribution is 2.34. The maximum atomic E-state index is 13.2. The van der Waals surface area contributed by atoms with Crippen molar-refractivity contribution in [1.82, 2.24) is 14.7 Å². The highest BCUT2D eigenvalue weighted by Gasteiger charge is 2.19. The number of nitrogens with one attached hydrogen (secondary N) is 1. The fourth-order valence-electron chi connectivity index (χ4n) is 3.91. The standard InChI is InChI=1S/C24H21Cl2N5O2/c1-14-11-16(30-9-4-10-30)7-8-20(14)28-24-27-13-15-12-17(21-18(25)5-3-6-19(21)26)23(32)31(33-2)22(15)29-24/h3,5-8,11-13H,4,9-10H2,1-2H3,(H,27,28,29). The van der Waals surface area contributed by atoms with Gasteiger partial charge in [0, 0.05) is 41.6 Å². The molecule has 1 aliphatic rings. The van der Waals surface area contributed by atoms with Crippen LogP contribution in [0.25, 0.3) is 22.2 Å². The Hall–Kier alpha value is -3.29. The van der Waals surface area contributed by atoms with Gasteiger partial charge in [-0.3, -0.25) is 4.79 Å². The Balaban J connectivity index is 1.55. The largest absolute Gasteiger partial charge is 0.412 e. The van der Waals surface area contributed by atoms with E-state index in [-0.39, 0.29) is 0 Å². The van der Waals surface area contributed by atoms with Crippen LogP contribution < -0.4 is 20.6 Å². The maximum Gasteiger partial charge on any atom is 0.293 e. The topological polar surface area (TPSA) is 72.3 Å². The molecule has 4 aromatic rings. The van der Waals surface area contributed by atoms with E-state index in [0.717, 1.165) is 29.1 Å². The van der Waals surface area contributed by atoms with Crippen LogP contribution >= 0.6 is 23.2 Å². The summed E-state index contributed by atoms with van der Waals surface area (Å²) in [6, 6.07) is 13.0. The van der Waals surface area contributed by atoms with Crippen LogP contribution in [0.4, 0.5) is 17.3 Å². The average molecular weight is 482 g/mol. The third-order valence-electron chi connectivity index (χ3n) is 5.80. The highest BCUT2D eigenvalue weighted by molar-refractivity contribution is 6.39. The maximum absolute atomic E-state index is 13.2. The molecular formula is C24H21Cl2N5O2. The lowest BCUT2D eigenvalue weighted by Gasteiger charge is -2.33. The molecule has 9 heteroatoms. The fraction of sp³-hybridized carbons (Fsp3) is 0.208. The second-order valence-corrected chi connectivity index (χ2v) is 8.69. The lowest BCUT2D eigenvalue weighted by Crippen LogP contribution is -2.36. The molecule has 168 valence electrons. The second kappa shape index (κ2) is 8.57. The molecule has 33 heavy (non-hydrogen) atoms. The Labute approximate surface area is 200 Å². The van der Waals surface area contributed by atoms with Gasteiger partial charge in [0.15, 0.2) is 5.65 Å². The quantitative estimate of drug-likeness (QED) is 0.428. The average Bonchev–Trinajstić information content (AvgIpc) is 2.75. The second-order valence-electron chi connectivity index (χ2n) is 7.87. The summed E-state index contributed by atoms with van der Waals surface area (Å²) in [5.41, 5.74) is 3.85. The molecule has 2 aromatic carbocycles. The molecule has 2 aromatic heterocycles. The van der Waals surface area contributed by atoms with Crippen molar-refractivity contribution in [2.75, 3.05) is 30.4 Å². The summed E-state index contributed by atoms with van der Waals surface area (Å²) >= 11 is 12.7. The Morgan fingerprint density at radius 2 is 1.85 bits per heavy atom. The van der Waals surface area contributed by atoms with Crippen LogP contribution in [0.5, 0.6) is 0 Å². The summed E-state index contributed by atoms with van der Waals surface area (Å²) in [5.74, 6) is 0.357. The molecule has 1 aliphatic heterocycles. The molecule has 0 unspecified atom stereocenters. The summed E-state index contributed by atoms with van der Waals surface area (Å²) in [6.07, 6.45) is 2.87. The van der Waals surface area contributed by atoms with Crippen LogP contribution in [-0.4, -0.2) is 34.9 Å². The lowest BCUT2D eigenvalue weighted by molar-refractivity contribution is 0.168. The van der Waals surface area contributed by atoms with Crippen molar-refractivity contribution in [2.24, 2.45) is 0 Å². The third kappa shape index (κ3) is 3.87. The molecule has 0 saturated carbocycles. The minimum Gasteiger partial charge on any atom is -0.412 e. The number of nitrogens with zero attached hydrogens (tertiary/aromatic N) is 4. The third-order valence-corrected chi connectivity index (χ3v) is 6.43. The van der Waals surface area contributed by atoms with Gasteiger partial charge in [-0.1, -0.05) is 29.3 Å². The number of benzene rings is 2. The van der Waals surface area contributed by atoms with Crippen LogP contribution in [0.1, 0.15) is 12.0 Å². The van der Waals surface area contributed by atoms with E-state index in [1.165, 1.54) is 19.2 Å². The monoisotopic (exact) mass is 481 g/mol. The molecule has 0 bridgehead atoms. The molecule has 5 rings (SSSR count). The number of aromatic nitrogens is 3. The van der Waals surface area contributed by atoms with Gasteiger partial charge in [0.2, 0.25) is 5.95 Å². The SMILES string of the molecule is COn1c(=O)c(-c2c(Cl)cccc2Cl)cc2cnc(Nc3ccc(N4CCC4)cc3C)nc21. The predicted octanol–water partition coefficient (Wildman–Crippen LogP) is 5.09. The first-order valence-electron chi connectivity index (χ1n) is 10.5. The predicted molar refractivity (Wildman–Crippen MR) is 133 cm³/mol. The molecular weight excluding hydrogens is 461 g/mol. The molecule has 1 saturated heterocycles. The molecule has 0 spiro atoms. The van der Waals surface area contributed by atoms with Gasteiger partial charge in [-0.15, -0.1) is 4.73 Å². The van der Waals surface area contributed by atoms with Crippen LogP contribution in [0.2, 0.25) is 10.0 Å². The van der Waals surface area contributed by atoms with Crippen molar-refractivity contribution in [1.29, 1.82) is 0 Å². The van der Waals surface area contributed by atoms with E-state index >= 15 is 0 Å². The first kappa shape index (κ1) is 21.6. The van der Waals surface area contributed by atoms with Crippen molar-refractivity contribution in [2.45, 2.75) is 13.3 Å². The molecule has 0 aliphatic carbocycles. The van der Waals surface area contributed by atoms with Gasteiger partial charge in [0.1, 0.15) is 7.11 Å². The molecule has 7 nitrogen and oxygen atoms in total. The summed E-state index contributed by atoms with van der Waals surface area (Å²) in [5, 5.41) is 4.60. The van der Waals surface area contributed by atoms with E-state index in [1.54, 1.807) is 30.5 Å². The van der Waals surface area contributed by atoms with E-state index in [1.807, 2.05) is 13.0 Å². The van der Waals surface area contributed by atoms with E-state index in [0.29, 0.717) is 38.2 Å². The van der Waals surface area contributed by atoms with Crippen molar-refractivity contribution < 1.29 is 4.84 Å². The molecule has 3 heterocycles. The molecule has 0 atom stereocenters. The zero-order valence-corrected chi connectivity index (χ0v) is 19.6. The van der Waals surface area contributed by atoms with Crippen LogP contribution in [0.15, 0.2) is 53.5 Å². The summed E-state index contributed by atoms with van der Waals surface area (Å²) < 4.78 is 1.12. The van der Waals surface area contributed by atoms with Gasteiger partial charge in [-0.2, -0.15) is 4.98 Å². The van der Waals surface area contributed by atoms with E-state index in [2.05, 4.69) is 32.3 Å². The van der Waals surface area contributed by atoms with Crippen molar-refractivity contribution >= 4 is 51.6 Å². The Kier molecular flexibility index (Phi) is 5.60. The van der Waals surface area contributed by atoms with Crippen LogP contribution in [0, 0.1) is 6.92 Å². The fourth-order valence-corrected chi connectivity index (χ4v) is 4.51. The van der Waals surface area contributed by atoms with Gasteiger partial charge in [0.05, 0.1) is 15.6 Å². The van der Waals surface area contributed by atoms with Crippen molar-refractivity contribution in [3.05, 3.63) is 74.6 Å². The van der Waals surface area contributed by atoms with Gasteiger partial charge < -0.3 is 15.1 Å². The van der Waals surface area contributed by atoms with Gasteiger partial charge in [0.25, 0.3) is 5.56 Å². The summed E-state index contributed by atoms with van der Waals surface area (Å²) in [7, 11) is 1.41. The number of rotatable bonds is 5. The Morgan fingerprint density at radius 3 is 2.48 bits per heavy atom. The van der Waals surface area contributed by atoms with Gasteiger partial charge in [-0.25, -0.2) is 4.98 Å². The number of pyridine rings is 1. The van der Waals surface area contributed by atoms with E-state index in [9.17, 15) is 4.79 Å². The number of hydrogen-bond acceptors (Lipinski definition) is 6. The van der Waals surface area contributed by atoms with Crippen LogP contribution in [0.3, 0.4) is 0 Å². The summed E-state index contributed by atoms with van der Waals surface area (Å²) in [6.45, 7) is 4.23. The number of aryl methyl sites for hydroxylation is 1. The highest BCUT2D eigenvalue weighted by atomic mass is 35.5. The number of anilines is 3. The molecule has 0 amide bonds. The zero-order chi connectivity index (χ0) is 23.1. The normalized spacial score (nSPS) is 13.2. The van der Waals surface area contributed by atoms with E-state index in [4.69, 9.17) is 28.0 Å². The first-order chi connectivity index (χ1) is 16.0. The minimum absolute atomic E-state index is 0.307. The number of fused-ring (bicyclic) bond motifs is 1. The van der Waals surface area contributed by atoms with Crippen molar-refractivity contribution in [3.8, 4) is 11.1 Å². The zero-order valence-electron chi connectivity index (χ0n) is 18.1. The van der Waals surface area contributed by atoms with Crippen LogP contribution in [-0.2, 0) is 0 Å². The van der Waals surface area contributed by atoms with E-state index < -0.39 is 5.56 Å². The number of hydrogen-bond donors (Lipinski definition) is 1. The lowest BCUT2D eigenvalue weighted by atomic mass is 10.1. The van der Waals surface area contributed by atoms with Crippen molar-refractivity contribution in [3.63, 3.8) is 0 Å². The molecule has 1 N–H and O–H groups in total. The Morgan fingerprint density at radius 1 is 1.09 bits per heavy atom. The smallest absolute Gasteiger partial charge is 0.293 e. The van der Waals surface area contributed by atoms with Gasteiger partial charge >= 0.3 is 0 Å². The summed E-state index contributed by atoms with van der Waals surface area (Å²) in [4.78, 5) is 29.9. The number of halogens is 2. The minimum atomic E-state index is -0.417. The van der Waals surface area contributed by atoms with Gasteiger partial charge in [-0.05, 0) is 55.3 Å². The molecule has 1 fully saturated rings.